The van der Waals surface area contributed by atoms with Crippen molar-refractivity contribution in [3.8, 4) is 0 Å². The summed E-state index contributed by atoms with van der Waals surface area (Å²) in [6.07, 6.45) is 3.15. The Labute approximate surface area is 114 Å². The van der Waals surface area contributed by atoms with Crippen molar-refractivity contribution in [3.63, 3.8) is 0 Å². The summed E-state index contributed by atoms with van der Waals surface area (Å²) >= 11 is 5.75. The van der Waals surface area contributed by atoms with E-state index in [0.29, 0.717) is 0 Å². The highest BCUT2D eigenvalue weighted by molar-refractivity contribution is 6.17. The molecule has 18 heavy (non-hydrogen) atoms. The van der Waals surface area contributed by atoms with Gasteiger partial charge in [0.1, 0.15) is 5.82 Å². The normalized spacial score (nSPS) is 12.2. The number of aryl methyl sites for hydroxylation is 1. The lowest BCUT2D eigenvalue weighted by Gasteiger charge is -2.24. The topological polar surface area (TPSA) is 17.8 Å². The van der Waals surface area contributed by atoms with Gasteiger partial charge in [-0.3, -0.25) is 0 Å². The van der Waals surface area contributed by atoms with Crippen LogP contribution in [0.15, 0.2) is 24.3 Å². The number of hydrogen-bond donors (Lipinski definition) is 0. The molecule has 0 aliphatic carbocycles. The van der Waals surface area contributed by atoms with Gasteiger partial charge < -0.3 is 4.57 Å². The van der Waals surface area contributed by atoms with Gasteiger partial charge in [-0.1, -0.05) is 12.1 Å². The second-order valence-electron chi connectivity index (χ2n) is 5.67. The van der Waals surface area contributed by atoms with Crippen LogP contribution in [0.4, 0.5) is 0 Å². The van der Waals surface area contributed by atoms with E-state index in [4.69, 9.17) is 16.6 Å². The number of unbranched alkanes of at least 4 members (excludes halogenated alkanes) is 1. The predicted molar refractivity (Wildman–Crippen MR) is 78.4 cm³/mol. The first-order chi connectivity index (χ1) is 8.54. The van der Waals surface area contributed by atoms with E-state index in [2.05, 4.69) is 43.5 Å². The van der Waals surface area contributed by atoms with Gasteiger partial charge in [0.15, 0.2) is 0 Å². The molecule has 2 rings (SSSR count). The molecule has 1 heterocycles. The van der Waals surface area contributed by atoms with Gasteiger partial charge in [-0.15, -0.1) is 11.6 Å². The Morgan fingerprint density at radius 1 is 1.17 bits per heavy atom. The molecular formula is C15H21ClN2. The molecule has 0 fully saturated rings. The number of halogens is 1. The quantitative estimate of drug-likeness (QED) is 0.593. The van der Waals surface area contributed by atoms with E-state index in [1.165, 1.54) is 11.3 Å². The van der Waals surface area contributed by atoms with Gasteiger partial charge in [0.05, 0.1) is 11.0 Å². The number of hydrogen-bond acceptors (Lipinski definition) is 1. The van der Waals surface area contributed by atoms with E-state index in [1.54, 1.807) is 0 Å². The van der Waals surface area contributed by atoms with Gasteiger partial charge in [0.25, 0.3) is 0 Å². The van der Waals surface area contributed by atoms with Crippen LogP contribution in [-0.2, 0) is 12.0 Å². The Morgan fingerprint density at radius 2 is 1.89 bits per heavy atom. The highest BCUT2D eigenvalue weighted by Gasteiger charge is 2.20. The van der Waals surface area contributed by atoms with Gasteiger partial charge in [-0.05, 0) is 45.7 Å². The molecule has 0 amide bonds. The third-order valence-electron chi connectivity index (χ3n) is 3.09. The highest BCUT2D eigenvalue weighted by Crippen LogP contribution is 2.25. The first kappa shape index (κ1) is 13.4. The minimum atomic E-state index is 0.0619. The summed E-state index contributed by atoms with van der Waals surface area (Å²) in [6, 6.07) is 8.36. The lowest BCUT2D eigenvalue weighted by molar-refractivity contribution is 0.392. The van der Waals surface area contributed by atoms with E-state index in [1.807, 2.05) is 6.07 Å². The van der Waals surface area contributed by atoms with Crippen LogP contribution in [0.5, 0.6) is 0 Å². The van der Waals surface area contributed by atoms with Crippen LogP contribution in [0.25, 0.3) is 11.0 Å². The molecule has 0 saturated heterocycles. The second kappa shape index (κ2) is 5.31. The van der Waals surface area contributed by atoms with E-state index in [0.717, 1.165) is 30.7 Å². The maximum Gasteiger partial charge on any atom is 0.110 e. The maximum absolute atomic E-state index is 5.75. The van der Waals surface area contributed by atoms with E-state index < -0.39 is 0 Å². The van der Waals surface area contributed by atoms with Crippen LogP contribution in [0, 0.1) is 0 Å². The van der Waals surface area contributed by atoms with Crippen molar-refractivity contribution in [3.05, 3.63) is 30.1 Å². The smallest absolute Gasteiger partial charge is 0.110 e. The Kier molecular flexibility index (Phi) is 3.96. The molecule has 0 spiro atoms. The number of para-hydroxylation sites is 2. The molecular weight excluding hydrogens is 244 g/mol. The SMILES string of the molecule is CC(C)(C)n1c(CCCCCl)nc2ccccc21. The lowest BCUT2D eigenvalue weighted by Crippen LogP contribution is -2.24. The average molecular weight is 265 g/mol. The molecule has 1 aromatic carbocycles. The average Bonchev–Trinajstić information content (AvgIpc) is 2.67. The van der Waals surface area contributed by atoms with Crippen molar-refractivity contribution >= 4 is 22.6 Å². The maximum atomic E-state index is 5.75. The van der Waals surface area contributed by atoms with Crippen LogP contribution < -0.4 is 0 Å². The van der Waals surface area contributed by atoms with Crippen molar-refractivity contribution in [2.75, 3.05) is 5.88 Å². The largest absolute Gasteiger partial charge is 0.323 e. The van der Waals surface area contributed by atoms with Crippen molar-refractivity contribution in [2.45, 2.75) is 45.6 Å². The zero-order chi connectivity index (χ0) is 13.2. The van der Waals surface area contributed by atoms with Crippen LogP contribution in [0.1, 0.15) is 39.4 Å². The third kappa shape index (κ3) is 2.69. The fourth-order valence-electron chi connectivity index (χ4n) is 2.37. The van der Waals surface area contributed by atoms with Gasteiger partial charge >= 0.3 is 0 Å². The summed E-state index contributed by atoms with van der Waals surface area (Å²) in [5.74, 6) is 1.91. The third-order valence-corrected chi connectivity index (χ3v) is 3.35. The summed E-state index contributed by atoms with van der Waals surface area (Å²) in [5.41, 5.74) is 2.38. The van der Waals surface area contributed by atoms with E-state index >= 15 is 0 Å². The van der Waals surface area contributed by atoms with Gasteiger partial charge in [-0.25, -0.2) is 4.98 Å². The first-order valence-electron chi connectivity index (χ1n) is 6.57. The molecule has 0 aliphatic heterocycles. The minimum absolute atomic E-state index is 0.0619. The Hall–Kier alpha value is -1.02. The molecule has 98 valence electrons. The number of benzene rings is 1. The molecule has 0 radical (unpaired) electrons. The fourth-order valence-corrected chi connectivity index (χ4v) is 2.56. The minimum Gasteiger partial charge on any atom is -0.323 e. The summed E-state index contributed by atoms with van der Waals surface area (Å²) in [5, 5.41) is 0. The van der Waals surface area contributed by atoms with Gasteiger partial charge in [0, 0.05) is 17.8 Å². The van der Waals surface area contributed by atoms with Crippen molar-refractivity contribution < 1.29 is 0 Å². The van der Waals surface area contributed by atoms with Crippen LogP contribution in [0.2, 0.25) is 0 Å². The van der Waals surface area contributed by atoms with E-state index in [-0.39, 0.29) is 5.54 Å². The summed E-state index contributed by atoms with van der Waals surface area (Å²) < 4.78 is 2.36. The van der Waals surface area contributed by atoms with Crippen molar-refractivity contribution in [1.82, 2.24) is 9.55 Å². The van der Waals surface area contributed by atoms with E-state index in [9.17, 15) is 0 Å². The molecule has 0 unspecified atom stereocenters. The Morgan fingerprint density at radius 3 is 2.56 bits per heavy atom. The predicted octanol–water partition coefficient (Wildman–Crippen LogP) is 4.35. The van der Waals surface area contributed by atoms with Crippen molar-refractivity contribution in [2.24, 2.45) is 0 Å². The number of imidazole rings is 1. The number of alkyl halides is 1. The van der Waals surface area contributed by atoms with Crippen LogP contribution >= 0.6 is 11.6 Å². The van der Waals surface area contributed by atoms with Crippen LogP contribution in [-0.4, -0.2) is 15.4 Å². The lowest BCUT2D eigenvalue weighted by atomic mass is 10.1. The van der Waals surface area contributed by atoms with Crippen molar-refractivity contribution in [1.29, 1.82) is 0 Å². The summed E-state index contributed by atoms with van der Waals surface area (Å²) in [4.78, 5) is 4.77. The number of rotatable bonds is 4. The molecule has 1 aromatic heterocycles. The molecule has 2 nitrogen and oxygen atoms in total. The molecule has 0 saturated carbocycles. The van der Waals surface area contributed by atoms with Gasteiger partial charge in [-0.2, -0.15) is 0 Å². The molecule has 0 aliphatic rings. The Balaban J connectivity index is 2.44. The van der Waals surface area contributed by atoms with Gasteiger partial charge in [0.2, 0.25) is 0 Å². The second-order valence-corrected chi connectivity index (χ2v) is 6.05. The number of nitrogens with zero attached hydrogens (tertiary/aromatic N) is 2. The van der Waals surface area contributed by atoms with Crippen LogP contribution in [0.3, 0.4) is 0 Å². The standard InChI is InChI=1S/C15H21ClN2/c1-15(2,3)18-13-9-5-4-8-12(13)17-14(18)10-6-7-11-16/h4-5,8-9H,6-7,10-11H2,1-3H3. The fraction of sp³-hybridized carbons (Fsp3) is 0.533. The summed E-state index contributed by atoms with van der Waals surface area (Å²) in [7, 11) is 0. The summed E-state index contributed by atoms with van der Waals surface area (Å²) in [6.45, 7) is 6.69. The number of aromatic nitrogens is 2. The Bertz CT molecular complexity index is 523. The molecule has 0 atom stereocenters. The first-order valence-corrected chi connectivity index (χ1v) is 7.10. The molecule has 3 heteroatoms. The molecule has 0 bridgehead atoms. The molecule has 0 N–H and O–H groups in total. The number of fused-ring (bicyclic) bond motifs is 1. The zero-order valence-electron chi connectivity index (χ0n) is 11.4. The highest BCUT2D eigenvalue weighted by atomic mass is 35.5. The monoisotopic (exact) mass is 264 g/mol. The zero-order valence-corrected chi connectivity index (χ0v) is 12.2. The molecule has 2 aromatic rings.